The summed E-state index contributed by atoms with van der Waals surface area (Å²) in [6, 6.07) is 11.1. The molecule has 92 valence electrons. The Balaban J connectivity index is 1.61. The van der Waals surface area contributed by atoms with E-state index in [4.69, 9.17) is 0 Å². The molecule has 0 saturated carbocycles. The van der Waals surface area contributed by atoms with E-state index in [1.807, 2.05) is 0 Å². The van der Waals surface area contributed by atoms with Crippen LogP contribution in [0.15, 0.2) is 36.4 Å². The van der Waals surface area contributed by atoms with Gasteiger partial charge in [0.05, 0.1) is 0 Å². The van der Waals surface area contributed by atoms with E-state index in [2.05, 4.69) is 53.1 Å². The van der Waals surface area contributed by atoms with Gasteiger partial charge in [0.2, 0.25) is 0 Å². The number of nitrogens with one attached hydrogen (secondary N) is 2. The predicted octanol–water partition coefficient (Wildman–Crippen LogP) is 2.43. The minimum atomic E-state index is 0.675. The number of hydrogen-bond donors (Lipinski definition) is 2. The zero-order valence-corrected chi connectivity index (χ0v) is 10.4. The molecule has 1 aliphatic heterocycles. The van der Waals surface area contributed by atoms with Gasteiger partial charge >= 0.3 is 0 Å². The van der Waals surface area contributed by atoms with Crippen molar-refractivity contribution in [1.29, 1.82) is 0 Å². The summed E-state index contributed by atoms with van der Waals surface area (Å²) in [4.78, 5) is 0. The van der Waals surface area contributed by atoms with Gasteiger partial charge in [-0.2, -0.15) is 0 Å². The van der Waals surface area contributed by atoms with Crippen LogP contribution in [0.5, 0.6) is 0 Å². The Hall–Kier alpha value is -1.12. The maximum absolute atomic E-state index is 3.59. The summed E-state index contributed by atoms with van der Waals surface area (Å²) >= 11 is 0. The molecule has 1 aromatic rings. The van der Waals surface area contributed by atoms with Crippen LogP contribution in [-0.4, -0.2) is 25.7 Å². The lowest BCUT2D eigenvalue weighted by molar-refractivity contribution is 0.393. The summed E-state index contributed by atoms with van der Waals surface area (Å²) in [6.45, 7) is 3.39. The van der Waals surface area contributed by atoms with Gasteiger partial charge in [-0.15, -0.1) is 0 Å². The average Bonchev–Trinajstić information content (AvgIpc) is 2.41. The van der Waals surface area contributed by atoms with Crippen molar-refractivity contribution in [3.8, 4) is 0 Å². The molecule has 1 unspecified atom stereocenters. The van der Waals surface area contributed by atoms with Crippen LogP contribution in [0.3, 0.4) is 0 Å². The van der Waals surface area contributed by atoms with Crippen molar-refractivity contribution < 1.29 is 0 Å². The summed E-state index contributed by atoms with van der Waals surface area (Å²) < 4.78 is 0. The minimum absolute atomic E-state index is 0.675. The minimum Gasteiger partial charge on any atom is -0.315 e. The molecule has 0 bridgehead atoms. The second-order valence-corrected chi connectivity index (χ2v) is 4.60. The lowest BCUT2D eigenvalue weighted by Gasteiger charge is -2.23. The van der Waals surface area contributed by atoms with Gasteiger partial charge in [0.15, 0.2) is 0 Å². The Bertz CT molecular complexity index is 326. The first-order valence-electron chi connectivity index (χ1n) is 6.61. The maximum Gasteiger partial charge on any atom is 0.0193 e. The van der Waals surface area contributed by atoms with Gasteiger partial charge < -0.3 is 10.6 Å². The molecule has 0 aliphatic carbocycles. The summed E-state index contributed by atoms with van der Waals surface area (Å²) in [5.74, 6) is 0. The number of piperidine rings is 1. The van der Waals surface area contributed by atoms with Crippen LogP contribution in [0.4, 0.5) is 0 Å². The third kappa shape index (κ3) is 4.72. The number of benzene rings is 1. The molecule has 1 heterocycles. The first kappa shape index (κ1) is 12.3. The van der Waals surface area contributed by atoms with Crippen LogP contribution in [0.2, 0.25) is 0 Å². The topological polar surface area (TPSA) is 24.1 Å². The first-order valence-corrected chi connectivity index (χ1v) is 6.61. The molecule has 17 heavy (non-hydrogen) atoms. The summed E-state index contributed by atoms with van der Waals surface area (Å²) in [7, 11) is 0. The predicted molar refractivity (Wildman–Crippen MR) is 74.0 cm³/mol. The summed E-state index contributed by atoms with van der Waals surface area (Å²) in [6.07, 6.45) is 8.16. The standard InChI is InChI=1S/C15H22N2/c1-2-7-14(8-3-1)9-4-5-12-17-15-10-6-11-16-13-15/h1-4,7-9,15-17H,5-6,10-13H2. The highest BCUT2D eigenvalue weighted by Gasteiger charge is 2.10. The van der Waals surface area contributed by atoms with Gasteiger partial charge in [0, 0.05) is 12.6 Å². The molecule has 0 spiro atoms. The maximum atomic E-state index is 3.59. The van der Waals surface area contributed by atoms with E-state index in [9.17, 15) is 0 Å². The molecule has 2 nitrogen and oxygen atoms in total. The molecular weight excluding hydrogens is 208 g/mol. The van der Waals surface area contributed by atoms with Crippen molar-refractivity contribution in [1.82, 2.24) is 10.6 Å². The van der Waals surface area contributed by atoms with Crippen LogP contribution < -0.4 is 10.6 Å². The van der Waals surface area contributed by atoms with E-state index in [1.54, 1.807) is 0 Å². The molecule has 1 aromatic carbocycles. The van der Waals surface area contributed by atoms with E-state index in [1.165, 1.54) is 24.9 Å². The van der Waals surface area contributed by atoms with Crippen molar-refractivity contribution in [3.05, 3.63) is 42.0 Å². The molecule has 2 heteroatoms. The average molecular weight is 230 g/mol. The van der Waals surface area contributed by atoms with Crippen molar-refractivity contribution in [2.24, 2.45) is 0 Å². The van der Waals surface area contributed by atoms with E-state index in [0.29, 0.717) is 6.04 Å². The fraction of sp³-hybridized carbons (Fsp3) is 0.467. The van der Waals surface area contributed by atoms with Crippen molar-refractivity contribution in [2.45, 2.75) is 25.3 Å². The molecule has 1 aliphatic rings. The van der Waals surface area contributed by atoms with Crippen LogP contribution in [0.1, 0.15) is 24.8 Å². The SMILES string of the molecule is C(=Cc1ccccc1)CCNC1CCCNC1. The molecule has 1 fully saturated rings. The molecule has 1 saturated heterocycles. The quantitative estimate of drug-likeness (QED) is 0.759. The highest BCUT2D eigenvalue weighted by atomic mass is 15.0. The Morgan fingerprint density at radius 3 is 2.94 bits per heavy atom. The van der Waals surface area contributed by atoms with Crippen molar-refractivity contribution >= 4 is 6.08 Å². The Morgan fingerprint density at radius 2 is 2.18 bits per heavy atom. The molecule has 0 aromatic heterocycles. The lowest BCUT2D eigenvalue weighted by atomic mass is 10.1. The summed E-state index contributed by atoms with van der Waals surface area (Å²) in [5.41, 5.74) is 1.28. The number of rotatable bonds is 5. The highest BCUT2D eigenvalue weighted by Crippen LogP contribution is 2.03. The van der Waals surface area contributed by atoms with E-state index in [0.717, 1.165) is 19.5 Å². The molecule has 0 radical (unpaired) electrons. The third-order valence-electron chi connectivity index (χ3n) is 3.15. The van der Waals surface area contributed by atoms with E-state index in [-0.39, 0.29) is 0 Å². The Morgan fingerprint density at radius 1 is 1.29 bits per heavy atom. The van der Waals surface area contributed by atoms with Crippen LogP contribution >= 0.6 is 0 Å². The Kier molecular flexibility index (Phi) is 5.27. The van der Waals surface area contributed by atoms with Gasteiger partial charge in [-0.05, 0) is 37.9 Å². The highest BCUT2D eigenvalue weighted by molar-refractivity contribution is 5.48. The molecule has 2 N–H and O–H groups in total. The normalized spacial score (nSPS) is 20.8. The fourth-order valence-electron chi connectivity index (χ4n) is 2.18. The third-order valence-corrected chi connectivity index (χ3v) is 3.15. The summed E-state index contributed by atoms with van der Waals surface area (Å²) in [5, 5.41) is 7.02. The van der Waals surface area contributed by atoms with Crippen molar-refractivity contribution in [3.63, 3.8) is 0 Å². The van der Waals surface area contributed by atoms with Gasteiger partial charge in [0.1, 0.15) is 0 Å². The van der Waals surface area contributed by atoms with Gasteiger partial charge in [-0.3, -0.25) is 0 Å². The van der Waals surface area contributed by atoms with E-state index >= 15 is 0 Å². The van der Waals surface area contributed by atoms with Crippen molar-refractivity contribution in [2.75, 3.05) is 19.6 Å². The monoisotopic (exact) mass is 230 g/mol. The largest absolute Gasteiger partial charge is 0.315 e. The Labute approximate surface area is 104 Å². The second-order valence-electron chi connectivity index (χ2n) is 4.60. The molecule has 2 rings (SSSR count). The molecular formula is C15H22N2. The smallest absolute Gasteiger partial charge is 0.0193 e. The molecule has 1 atom stereocenters. The van der Waals surface area contributed by atoms with Crippen LogP contribution in [-0.2, 0) is 0 Å². The van der Waals surface area contributed by atoms with Gasteiger partial charge in [-0.25, -0.2) is 0 Å². The first-order chi connectivity index (χ1) is 8.45. The zero-order chi connectivity index (χ0) is 11.8. The fourth-order valence-corrected chi connectivity index (χ4v) is 2.18. The number of hydrogen-bond acceptors (Lipinski definition) is 2. The van der Waals surface area contributed by atoms with Gasteiger partial charge in [0.25, 0.3) is 0 Å². The van der Waals surface area contributed by atoms with Gasteiger partial charge in [-0.1, -0.05) is 42.5 Å². The van der Waals surface area contributed by atoms with Crippen LogP contribution in [0.25, 0.3) is 6.08 Å². The second kappa shape index (κ2) is 7.25. The van der Waals surface area contributed by atoms with E-state index < -0.39 is 0 Å². The zero-order valence-electron chi connectivity index (χ0n) is 10.4. The molecule has 0 amide bonds. The lowest BCUT2D eigenvalue weighted by Crippen LogP contribution is -2.43. The van der Waals surface area contributed by atoms with Crippen LogP contribution in [0, 0.1) is 0 Å².